The van der Waals surface area contributed by atoms with Crippen LogP contribution in [0.4, 0.5) is 0 Å². The molecule has 1 fully saturated rings. The van der Waals surface area contributed by atoms with E-state index in [4.69, 9.17) is 11.6 Å². The molecule has 1 N–H and O–H groups in total. The quantitative estimate of drug-likeness (QED) is 0.915. The van der Waals surface area contributed by atoms with Crippen molar-refractivity contribution in [1.82, 2.24) is 9.78 Å². The zero-order valence-corrected chi connectivity index (χ0v) is 13.0. The van der Waals surface area contributed by atoms with Gasteiger partial charge in [-0.3, -0.25) is 4.68 Å². The Morgan fingerprint density at radius 3 is 2.84 bits per heavy atom. The third kappa shape index (κ3) is 3.14. The van der Waals surface area contributed by atoms with Crippen LogP contribution in [0.15, 0.2) is 0 Å². The largest absolute Gasteiger partial charge is 0.389 e. The maximum Gasteiger partial charge on any atom is 0.0848 e. The normalized spacial score (nSPS) is 27.7. The Bertz CT molecular complexity index is 444. The van der Waals surface area contributed by atoms with Gasteiger partial charge in [-0.25, -0.2) is 0 Å². The molecule has 1 aliphatic carbocycles. The standard InChI is InChI=1S/C15H25ClN2O/c1-4-12-7-6-8-15(19,9-12)10-13-14(16)11(3)17-18(13)5-2/h12,19H,4-10H2,1-3H3. The Morgan fingerprint density at radius 1 is 1.47 bits per heavy atom. The minimum absolute atomic E-state index is 0.595. The first-order chi connectivity index (χ1) is 8.99. The van der Waals surface area contributed by atoms with Gasteiger partial charge in [-0.2, -0.15) is 5.10 Å². The van der Waals surface area contributed by atoms with Gasteiger partial charge in [0, 0.05) is 13.0 Å². The Kier molecular flexibility index (Phi) is 4.57. The number of aryl methyl sites for hydroxylation is 2. The Balaban J connectivity index is 2.20. The highest BCUT2D eigenvalue weighted by Gasteiger charge is 2.35. The van der Waals surface area contributed by atoms with Crippen LogP contribution in [0.25, 0.3) is 0 Å². The summed E-state index contributed by atoms with van der Waals surface area (Å²) in [6, 6.07) is 0. The minimum atomic E-state index is -0.595. The van der Waals surface area contributed by atoms with Crippen LogP contribution in [0.2, 0.25) is 5.02 Å². The van der Waals surface area contributed by atoms with Gasteiger partial charge in [-0.1, -0.05) is 37.8 Å². The minimum Gasteiger partial charge on any atom is -0.389 e. The topological polar surface area (TPSA) is 38.1 Å². The van der Waals surface area contributed by atoms with Gasteiger partial charge in [-0.05, 0) is 32.6 Å². The van der Waals surface area contributed by atoms with Crippen LogP contribution in [-0.4, -0.2) is 20.5 Å². The lowest BCUT2D eigenvalue weighted by Crippen LogP contribution is -2.38. The molecule has 1 heterocycles. The summed E-state index contributed by atoms with van der Waals surface area (Å²) in [5.74, 6) is 0.650. The van der Waals surface area contributed by atoms with Crippen molar-refractivity contribution in [2.24, 2.45) is 5.92 Å². The van der Waals surface area contributed by atoms with Crippen LogP contribution in [0, 0.1) is 12.8 Å². The number of hydrogen-bond donors (Lipinski definition) is 1. The lowest BCUT2D eigenvalue weighted by molar-refractivity contribution is -0.0176. The van der Waals surface area contributed by atoms with E-state index in [2.05, 4.69) is 18.9 Å². The molecule has 0 aliphatic heterocycles. The molecule has 2 atom stereocenters. The van der Waals surface area contributed by atoms with Crippen molar-refractivity contribution in [3.8, 4) is 0 Å². The zero-order valence-electron chi connectivity index (χ0n) is 12.2. The highest BCUT2D eigenvalue weighted by molar-refractivity contribution is 6.31. The van der Waals surface area contributed by atoms with Gasteiger partial charge in [0.05, 0.1) is 22.0 Å². The highest BCUT2D eigenvalue weighted by Crippen LogP contribution is 2.37. The molecule has 1 saturated carbocycles. The average Bonchev–Trinajstić information content (AvgIpc) is 2.66. The van der Waals surface area contributed by atoms with E-state index in [-0.39, 0.29) is 0 Å². The fourth-order valence-corrected chi connectivity index (χ4v) is 3.52. The van der Waals surface area contributed by atoms with Crippen molar-refractivity contribution in [2.75, 3.05) is 0 Å². The van der Waals surface area contributed by atoms with Gasteiger partial charge in [-0.15, -0.1) is 0 Å². The maximum absolute atomic E-state index is 10.9. The van der Waals surface area contributed by atoms with Gasteiger partial charge >= 0.3 is 0 Å². The van der Waals surface area contributed by atoms with Crippen LogP contribution < -0.4 is 0 Å². The molecular weight excluding hydrogens is 260 g/mol. The summed E-state index contributed by atoms with van der Waals surface area (Å²) in [4.78, 5) is 0. The Hall–Kier alpha value is -0.540. The van der Waals surface area contributed by atoms with Crippen molar-refractivity contribution in [1.29, 1.82) is 0 Å². The molecule has 1 aliphatic rings. The molecule has 0 amide bonds. The number of aromatic nitrogens is 2. The van der Waals surface area contributed by atoms with Crippen LogP contribution in [-0.2, 0) is 13.0 Å². The number of nitrogens with zero attached hydrogens (tertiary/aromatic N) is 2. The Morgan fingerprint density at radius 2 is 2.21 bits per heavy atom. The molecule has 2 rings (SSSR count). The van der Waals surface area contributed by atoms with E-state index in [0.717, 1.165) is 48.6 Å². The predicted octanol–water partition coefficient (Wildman–Crippen LogP) is 3.74. The predicted molar refractivity (Wildman–Crippen MR) is 78.6 cm³/mol. The van der Waals surface area contributed by atoms with E-state index in [1.165, 1.54) is 6.42 Å². The van der Waals surface area contributed by atoms with E-state index >= 15 is 0 Å². The van der Waals surface area contributed by atoms with Crippen LogP contribution in [0.3, 0.4) is 0 Å². The van der Waals surface area contributed by atoms with Gasteiger partial charge in [0.2, 0.25) is 0 Å². The Labute approximate surface area is 121 Å². The van der Waals surface area contributed by atoms with Crippen molar-refractivity contribution < 1.29 is 5.11 Å². The molecule has 3 nitrogen and oxygen atoms in total. The van der Waals surface area contributed by atoms with Crippen LogP contribution >= 0.6 is 11.6 Å². The molecular formula is C15H25ClN2O. The second kappa shape index (κ2) is 5.84. The van der Waals surface area contributed by atoms with E-state index in [1.54, 1.807) is 0 Å². The van der Waals surface area contributed by atoms with Crippen LogP contribution in [0.5, 0.6) is 0 Å². The van der Waals surface area contributed by atoms with E-state index in [1.807, 2.05) is 11.6 Å². The first-order valence-corrected chi connectivity index (χ1v) is 7.81. The van der Waals surface area contributed by atoms with Crippen LogP contribution in [0.1, 0.15) is 57.3 Å². The molecule has 0 spiro atoms. The molecule has 2 unspecified atom stereocenters. The zero-order chi connectivity index (χ0) is 14.0. The number of aliphatic hydroxyl groups is 1. The van der Waals surface area contributed by atoms with Gasteiger partial charge in [0.25, 0.3) is 0 Å². The molecule has 0 saturated heterocycles. The first-order valence-electron chi connectivity index (χ1n) is 7.43. The second-order valence-electron chi connectivity index (χ2n) is 5.93. The lowest BCUT2D eigenvalue weighted by atomic mass is 9.75. The summed E-state index contributed by atoms with van der Waals surface area (Å²) in [5, 5.41) is 16.0. The fraction of sp³-hybridized carbons (Fsp3) is 0.800. The number of rotatable bonds is 4. The third-order valence-corrected chi connectivity index (χ3v) is 4.94. The van der Waals surface area contributed by atoms with Crippen molar-refractivity contribution in [2.45, 2.75) is 71.4 Å². The summed E-state index contributed by atoms with van der Waals surface area (Å²) < 4.78 is 1.94. The summed E-state index contributed by atoms with van der Waals surface area (Å²) >= 11 is 6.35. The van der Waals surface area contributed by atoms with E-state index in [0.29, 0.717) is 12.3 Å². The van der Waals surface area contributed by atoms with Crippen molar-refractivity contribution in [3.63, 3.8) is 0 Å². The lowest BCUT2D eigenvalue weighted by Gasteiger charge is -2.36. The van der Waals surface area contributed by atoms with E-state index < -0.39 is 5.60 Å². The second-order valence-corrected chi connectivity index (χ2v) is 6.31. The maximum atomic E-state index is 10.9. The molecule has 1 aromatic heterocycles. The smallest absolute Gasteiger partial charge is 0.0848 e. The third-order valence-electron chi connectivity index (χ3n) is 4.45. The van der Waals surface area contributed by atoms with Crippen molar-refractivity contribution in [3.05, 3.63) is 16.4 Å². The van der Waals surface area contributed by atoms with Crippen molar-refractivity contribution >= 4 is 11.6 Å². The molecule has 19 heavy (non-hydrogen) atoms. The fourth-order valence-electron chi connectivity index (χ4n) is 3.32. The van der Waals surface area contributed by atoms with Gasteiger partial charge in [0.15, 0.2) is 0 Å². The highest BCUT2D eigenvalue weighted by atomic mass is 35.5. The van der Waals surface area contributed by atoms with Gasteiger partial charge < -0.3 is 5.11 Å². The number of halogens is 1. The van der Waals surface area contributed by atoms with Gasteiger partial charge in [0.1, 0.15) is 0 Å². The monoisotopic (exact) mass is 284 g/mol. The molecule has 0 aromatic carbocycles. The molecule has 108 valence electrons. The average molecular weight is 285 g/mol. The number of hydrogen-bond acceptors (Lipinski definition) is 2. The summed E-state index contributed by atoms with van der Waals surface area (Å²) in [7, 11) is 0. The molecule has 1 aromatic rings. The molecule has 0 bridgehead atoms. The SMILES string of the molecule is CCC1CCCC(O)(Cc2c(Cl)c(C)nn2CC)C1. The summed E-state index contributed by atoms with van der Waals surface area (Å²) in [6.45, 7) is 7.00. The summed E-state index contributed by atoms with van der Waals surface area (Å²) in [5.41, 5.74) is 1.27. The molecule has 4 heteroatoms. The van der Waals surface area contributed by atoms with E-state index in [9.17, 15) is 5.11 Å². The first kappa shape index (κ1) is 14.9. The summed E-state index contributed by atoms with van der Waals surface area (Å²) in [6.07, 6.45) is 5.94. The molecule has 0 radical (unpaired) electrons.